The van der Waals surface area contributed by atoms with Gasteiger partial charge in [0.25, 0.3) is 0 Å². The van der Waals surface area contributed by atoms with Crippen molar-refractivity contribution >= 4 is 11.8 Å². The molecule has 3 atom stereocenters. The van der Waals surface area contributed by atoms with Crippen molar-refractivity contribution < 1.29 is 9.53 Å². The van der Waals surface area contributed by atoms with Crippen LogP contribution in [0.4, 0.5) is 10.5 Å². The number of benzene rings is 1. The summed E-state index contributed by atoms with van der Waals surface area (Å²) >= 11 is 0. The summed E-state index contributed by atoms with van der Waals surface area (Å²) in [6.07, 6.45) is 5.21. The molecule has 0 radical (unpaired) electrons. The molecule has 2 bridgehead atoms. The summed E-state index contributed by atoms with van der Waals surface area (Å²) in [5.74, 6) is 1.87. The van der Waals surface area contributed by atoms with Gasteiger partial charge in [0.15, 0.2) is 0 Å². The fourth-order valence-electron chi connectivity index (χ4n) is 3.87. The topological polar surface area (TPSA) is 50.4 Å². The molecule has 2 fully saturated rings. The molecular weight excluding hydrogens is 288 g/mol. The Morgan fingerprint density at radius 3 is 2.48 bits per heavy atom. The number of ether oxygens (including phenoxy) is 1. The van der Waals surface area contributed by atoms with Gasteiger partial charge in [-0.1, -0.05) is 18.6 Å². The Hall–Kier alpha value is -1.55. The van der Waals surface area contributed by atoms with Crippen molar-refractivity contribution in [2.24, 2.45) is 11.8 Å². The third-order valence-electron chi connectivity index (χ3n) is 4.91. The van der Waals surface area contributed by atoms with E-state index in [0.29, 0.717) is 6.04 Å². The molecule has 2 aliphatic carbocycles. The molecule has 3 rings (SSSR count). The highest BCUT2D eigenvalue weighted by molar-refractivity contribution is 5.84. The second-order valence-electron chi connectivity index (χ2n) is 7.99. The maximum Gasteiger partial charge on any atom is 0.412 e. The van der Waals surface area contributed by atoms with Crippen LogP contribution >= 0.6 is 0 Å². The Morgan fingerprint density at radius 1 is 1.17 bits per heavy atom. The molecule has 2 aliphatic rings. The van der Waals surface area contributed by atoms with Crippen LogP contribution in [-0.2, 0) is 11.3 Å². The fourth-order valence-corrected chi connectivity index (χ4v) is 3.87. The van der Waals surface area contributed by atoms with E-state index in [2.05, 4.69) is 22.8 Å². The van der Waals surface area contributed by atoms with Crippen LogP contribution in [0.5, 0.6) is 0 Å². The summed E-state index contributed by atoms with van der Waals surface area (Å²) in [5, 5.41) is 6.47. The average molecular weight is 316 g/mol. The molecule has 3 unspecified atom stereocenters. The zero-order valence-corrected chi connectivity index (χ0v) is 14.4. The van der Waals surface area contributed by atoms with Crippen LogP contribution in [0.3, 0.4) is 0 Å². The second kappa shape index (κ2) is 6.52. The first-order chi connectivity index (χ1) is 10.9. The monoisotopic (exact) mass is 316 g/mol. The number of hydrogen-bond donors (Lipinski definition) is 2. The van der Waals surface area contributed by atoms with E-state index in [-0.39, 0.29) is 0 Å². The minimum Gasteiger partial charge on any atom is -0.444 e. The molecule has 23 heavy (non-hydrogen) atoms. The van der Waals surface area contributed by atoms with Gasteiger partial charge >= 0.3 is 6.09 Å². The van der Waals surface area contributed by atoms with Gasteiger partial charge in [0.05, 0.1) is 0 Å². The molecule has 0 heterocycles. The van der Waals surface area contributed by atoms with Gasteiger partial charge in [0.1, 0.15) is 5.60 Å². The fraction of sp³-hybridized carbons (Fsp3) is 0.632. The van der Waals surface area contributed by atoms with Crippen molar-refractivity contribution in [3.8, 4) is 0 Å². The summed E-state index contributed by atoms with van der Waals surface area (Å²) in [6, 6.07) is 8.69. The van der Waals surface area contributed by atoms with Crippen LogP contribution in [0.2, 0.25) is 0 Å². The van der Waals surface area contributed by atoms with E-state index in [9.17, 15) is 4.79 Å². The van der Waals surface area contributed by atoms with Gasteiger partial charge in [-0.15, -0.1) is 0 Å². The van der Waals surface area contributed by atoms with Crippen LogP contribution in [0, 0.1) is 11.8 Å². The zero-order valence-electron chi connectivity index (χ0n) is 14.4. The smallest absolute Gasteiger partial charge is 0.412 e. The Morgan fingerprint density at radius 2 is 1.91 bits per heavy atom. The molecule has 1 aromatic rings. The number of carbonyl (C=O) groups is 1. The first-order valence-corrected chi connectivity index (χ1v) is 8.71. The molecule has 4 nitrogen and oxygen atoms in total. The summed E-state index contributed by atoms with van der Waals surface area (Å²) in [6.45, 7) is 6.48. The predicted molar refractivity (Wildman–Crippen MR) is 92.4 cm³/mol. The summed E-state index contributed by atoms with van der Waals surface area (Å²) in [4.78, 5) is 11.7. The Bertz CT molecular complexity index is 547. The first kappa shape index (κ1) is 16.3. The molecule has 0 aromatic heterocycles. The van der Waals surface area contributed by atoms with Crippen molar-refractivity contribution in [2.75, 3.05) is 5.32 Å². The van der Waals surface area contributed by atoms with E-state index < -0.39 is 11.7 Å². The minimum atomic E-state index is -0.478. The van der Waals surface area contributed by atoms with Gasteiger partial charge < -0.3 is 10.1 Å². The van der Waals surface area contributed by atoms with Gasteiger partial charge in [-0.25, -0.2) is 4.79 Å². The third-order valence-corrected chi connectivity index (χ3v) is 4.91. The summed E-state index contributed by atoms with van der Waals surface area (Å²) in [5.41, 5.74) is 1.54. The molecule has 1 amide bonds. The molecule has 126 valence electrons. The van der Waals surface area contributed by atoms with Crippen molar-refractivity contribution in [3.05, 3.63) is 29.8 Å². The van der Waals surface area contributed by atoms with E-state index in [0.717, 1.165) is 24.1 Å². The first-order valence-electron chi connectivity index (χ1n) is 8.71. The second-order valence-corrected chi connectivity index (χ2v) is 7.99. The third kappa shape index (κ3) is 4.47. The lowest BCUT2D eigenvalue weighted by Gasteiger charge is -2.23. The lowest BCUT2D eigenvalue weighted by Crippen LogP contribution is -2.33. The summed E-state index contributed by atoms with van der Waals surface area (Å²) < 4.78 is 5.25. The van der Waals surface area contributed by atoms with Crippen molar-refractivity contribution in [1.29, 1.82) is 0 Å². The standard InChI is InChI=1S/C19H28N2O2/c1-19(2,3)23-18(22)21-16-8-5-13(6-9-16)12-20-17-11-14-4-7-15(17)10-14/h5-6,8-9,14-15,17,20H,4,7,10-12H2,1-3H3,(H,21,22). The molecular formula is C19H28N2O2. The molecule has 2 saturated carbocycles. The van der Waals surface area contributed by atoms with Crippen LogP contribution in [0.25, 0.3) is 0 Å². The number of carbonyl (C=O) groups excluding carboxylic acids is 1. The molecule has 0 aliphatic heterocycles. The Labute approximate surface area is 139 Å². The van der Waals surface area contributed by atoms with Crippen molar-refractivity contribution in [2.45, 2.75) is 64.6 Å². The van der Waals surface area contributed by atoms with E-state index in [1.54, 1.807) is 0 Å². The van der Waals surface area contributed by atoms with Crippen molar-refractivity contribution in [3.63, 3.8) is 0 Å². The van der Waals surface area contributed by atoms with Crippen LogP contribution in [-0.4, -0.2) is 17.7 Å². The molecule has 1 aromatic carbocycles. The number of hydrogen-bond acceptors (Lipinski definition) is 3. The Balaban J connectivity index is 1.46. The quantitative estimate of drug-likeness (QED) is 0.870. The predicted octanol–water partition coefficient (Wildman–Crippen LogP) is 4.31. The highest BCUT2D eigenvalue weighted by atomic mass is 16.6. The SMILES string of the molecule is CC(C)(C)OC(=O)Nc1ccc(CNC2CC3CCC2C3)cc1. The van der Waals surface area contributed by atoms with Crippen LogP contribution < -0.4 is 10.6 Å². The van der Waals surface area contributed by atoms with E-state index in [1.807, 2.05) is 32.9 Å². The summed E-state index contributed by atoms with van der Waals surface area (Å²) in [7, 11) is 0. The van der Waals surface area contributed by atoms with Gasteiger partial charge in [-0.3, -0.25) is 5.32 Å². The largest absolute Gasteiger partial charge is 0.444 e. The minimum absolute atomic E-state index is 0.412. The van der Waals surface area contributed by atoms with E-state index in [1.165, 1.54) is 31.2 Å². The van der Waals surface area contributed by atoms with E-state index >= 15 is 0 Å². The molecule has 0 saturated heterocycles. The lowest BCUT2D eigenvalue weighted by molar-refractivity contribution is 0.0636. The number of nitrogens with one attached hydrogen (secondary N) is 2. The highest BCUT2D eigenvalue weighted by Crippen LogP contribution is 2.44. The number of amides is 1. The number of anilines is 1. The van der Waals surface area contributed by atoms with Gasteiger partial charge in [0.2, 0.25) is 0 Å². The molecule has 2 N–H and O–H groups in total. The Kier molecular flexibility index (Phi) is 4.62. The molecule has 4 heteroatoms. The normalized spacial score (nSPS) is 26.3. The number of rotatable bonds is 4. The van der Waals surface area contributed by atoms with Gasteiger partial charge in [-0.2, -0.15) is 0 Å². The van der Waals surface area contributed by atoms with Gasteiger partial charge in [0, 0.05) is 18.3 Å². The zero-order chi connectivity index (χ0) is 16.4. The van der Waals surface area contributed by atoms with Crippen molar-refractivity contribution in [1.82, 2.24) is 5.32 Å². The molecule has 0 spiro atoms. The van der Waals surface area contributed by atoms with Gasteiger partial charge in [-0.05, 0) is 69.6 Å². The van der Waals surface area contributed by atoms with Crippen LogP contribution in [0.1, 0.15) is 52.0 Å². The average Bonchev–Trinajstić information content (AvgIpc) is 3.07. The maximum absolute atomic E-state index is 11.7. The van der Waals surface area contributed by atoms with E-state index in [4.69, 9.17) is 4.74 Å². The lowest BCUT2D eigenvalue weighted by atomic mass is 9.95. The van der Waals surface area contributed by atoms with Crippen LogP contribution in [0.15, 0.2) is 24.3 Å². The maximum atomic E-state index is 11.7. The number of fused-ring (bicyclic) bond motifs is 2. The highest BCUT2D eigenvalue weighted by Gasteiger charge is 2.38.